The van der Waals surface area contributed by atoms with Gasteiger partial charge in [0.1, 0.15) is 0 Å². The molecule has 0 radical (unpaired) electrons. The van der Waals surface area contributed by atoms with Gasteiger partial charge >= 0.3 is 0 Å². The quantitative estimate of drug-likeness (QED) is 0.601. The molecule has 1 aromatic carbocycles. The van der Waals surface area contributed by atoms with E-state index >= 15 is 0 Å². The summed E-state index contributed by atoms with van der Waals surface area (Å²) in [5.74, 6) is 0.745. The van der Waals surface area contributed by atoms with E-state index in [0.29, 0.717) is 11.7 Å². The second-order valence-electron chi connectivity index (χ2n) is 6.36. The molecular formula is C18H21NOS. The zero-order valence-corrected chi connectivity index (χ0v) is 13.1. The number of hydrogen-bond donors (Lipinski definition) is 1. The van der Waals surface area contributed by atoms with E-state index in [0.717, 1.165) is 18.0 Å². The number of fused-ring (bicyclic) bond motifs is 3. The van der Waals surface area contributed by atoms with Crippen molar-refractivity contribution in [2.45, 2.75) is 50.9 Å². The van der Waals surface area contributed by atoms with Gasteiger partial charge < -0.3 is 9.72 Å². The van der Waals surface area contributed by atoms with Crippen LogP contribution in [0.1, 0.15) is 61.3 Å². The lowest BCUT2D eigenvalue weighted by Crippen LogP contribution is -2.15. The zero-order valence-electron chi connectivity index (χ0n) is 12.3. The fourth-order valence-corrected chi connectivity index (χ4v) is 4.14. The summed E-state index contributed by atoms with van der Waals surface area (Å²) >= 11 is 5.32. The van der Waals surface area contributed by atoms with Crippen molar-refractivity contribution >= 4 is 28.2 Å². The Bertz CT molecular complexity index is 680. The fraction of sp³-hybridized carbons (Fsp3) is 0.500. The summed E-state index contributed by atoms with van der Waals surface area (Å²) in [7, 11) is 0. The summed E-state index contributed by atoms with van der Waals surface area (Å²) < 4.78 is 5.50. The molecule has 3 heteroatoms. The highest BCUT2D eigenvalue weighted by Gasteiger charge is 2.22. The third-order valence-corrected chi connectivity index (χ3v) is 5.37. The van der Waals surface area contributed by atoms with E-state index in [9.17, 15) is 0 Å². The molecule has 0 unspecified atom stereocenters. The van der Waals surface area contributed by atoms with Crippen molar-refractivity contribution in [3.05, 3.63) is 35.0 Å². The third-order valence-electron chi connectivity index (χ3n) is 5.05. The molecule has 4 rings (SSSR count). The van der Waals surface area contributed by atoms with E-state index in [2.05, 4.69) is 23.2 Å². The van der Waals surface area contributed by atoms with Crippen molar-refractivity contribution in [2.24, 2.45) is 0 Å². The summed E-state index contributed by atoms with van der Waals surface area (Å²) in [6.45, 7) is 0.715. The number of thiocarbonyl (C=S) groups is 1. The Balaban J connectivity index is 1.76. The largest absolute Gasteiger partial charge is 0.481 e. The number of benzene rings is 1. The molecule has 0 amide bonds. The van der Waals surface area contributed by atoms with Crippen LogP contribution in [0.15, 0.2) is 18.2 Å². The molecule has 1 saturated carbocycles. The maximum absolute atomic E-state index is 5.50. The van der Waals surface area contributed by atoms with E-state index in [1.54, 1.807) is 0 Å². The average Bonchev–Trinajstić information content (AvgIpc) is 2.70. The van der Waals surface area contributed by atoms with Crippen molar-refractivity contribution in [2.75, 3.05) is 6.61 Å². The topological polar surface area (TPSA) is 25.0 Å². The molecule has 2 heterocycles. The summed E-state index contributed by atoms with van der Waals surface area (Å²) in [5, 5.41) is 1.99. The number of aromatic amines is 1. The van der Waals surface area contributed by atoms with Gasteiger partial charge in [-0.15, -0.1) is 0 Å². The van der Waals surface area contributed by atoms with Crippen LogP contribution in [0.4, 0.5) is 0 Å². The summed E-state index contributed by atoms with van der Waals surface area (Å²) in [6, 6.07) is 6.95. The van der Waals surface area contributed by atoms with Gasteiger partial charge in [0.2, 0.25) is 5.05 Å². The number of nitrogens with one attached hydrogen (secondary N) is 1. The maximum atomic E-state index is 5.50. The van der Waals surface area contributed by atoms with Crippen LogP contribution in [0.5, 0.6) is 0 Å². The monoisotopic (exact) mass is 299 g/mol. The number of aromatic nitrogens is 1. The van der Waals surface area contributed by atoms with Crippen LogP contribution in [-0.4, -0.2) is 16.6 Å². The smallest absolute Gasteiger partial charge is 0.208 e. The SMILES string of the molecule is S=C1OCCc2c1[nH]c1ccc(C3CCCCCC3)cc21. The Morgan fingerprint density at radius 1 is 1.10 bits per heavy atom. The Morgan fingerprint density at radius 3 is 2.71 bits per heavy atom. The van der Waals surface area contributed by atoms with Crippen LogP contribution in [-0.2, 0) is 11.2 Å². The lowest BCUT2D eigenvalue weighted by Gasteiger charge is -2.16. The Labute approximate surface area is 130 Å². The molecule has 1 aliphatic carbocycles. The number of ether oxygens (including phenoxy) is 1. The lowest BCUT2D eigenvalue weighted by atomic mass is 9.90. The molecule has 2 aliphatic rings. The van der Waals surface area contributed by atoms with Gasteiger partial charge in [-0.05, 0) is 54.2 Å². The first-order chi connectivity index (χ1) is 10.3. The lowest BCUT2D eigenvalue weighted by molar-refractivity contribution is 0.308. The number of rotatable bonds is 1. The van der Waals surface area contributed by atoms with Crippen molar-refractivity contribution < 1.29 is 4.74 Å². The Kier molecular flexibility index (Phi) is 3.46. The standard InChI is InChI=1S/C18H21NOS/c21-18-17-14(9-10-20-18)15-11-13(7-8-16(15)19-17)12-5-3-1-2-4-6-12/h7-8,11-12,19H,1-6,9-10H2. The number of hydrogen-bond acceptors (Lipinski definition) is 2. The highest BCUT2D eigenvalue weighted by molar-refractivity contribution is 7.80. The normalized spacial score (nSPS) is 20.1. The van der Waals surface area contributed by atoms with Gasteiger partial charge in [-0.25, -0.2) is 0 Å². The van der Waals surface area contributed by atoms with Gasteiger partial charge in [0.25, 0.3) is 0 Å². The summed E-state index contributed by atoms with van der Waals surface area (Å²) in [5.41, 5.74) is 5.11. The van der Waals surface area contributed by atoms with Gasteiger partial charge in [0, 0.05) is 17.3 Å². The average molecular weight is 299 g/mol. The molecule has 0 saturated heterocycles. The molecule has 2 nitrogen and oxygen atoms in total. The molecular weight excluding hydrogens is 278 g/mol. The molecule has 0 bridgehead atoms. The molecule has 1 aromatic heterocycles. The van der Waals surface area contributed by atoms with Gasteiger partial charge in [-0.3, -0.25) is 0 Å². The predicted molar refractivity (Wildman–Crippen MR) is 90.1 cm³/mol. The fourth-order valence-electron chi connectivity index (χ4n) is 3.88. The van der Waals surface area contributed by atoms with Crippen molar-refractivity contribution in [3.63, 3.8) is 0 Å². The number of H-pyrrole nitrogens is 1. The van der Waals surface area contributed by atoms with E-state index in [1.165, 1.54) is 60.6 Å². The first-order valence-corrected chi connectivity index (χ1v) is 8.55. The highest BCUT2D eigenvalue weighted by Crippen LogP contribution is 2.35. The first-order valence-electron chi connectivity index (χ1n) is 8.14. The molecule has 0 spiro atoms. The van der Waals surface area contributed by atoms with E-state index in [-0.39, 0.29) is 0 Å². The van der Waals surface area contributed by atoms with Gasteiger partial charge in [0.15, 0.2) is 0 Å². The minimum atomic E-state index is 0.628. The van der Waals surface area contributed by atoms with Crippen LogP contribution < -0.4 is 0 Å². The third kappa shape index (κ3) is 2.38. The molecule has 1 aliphatic heterocycles. The molecule has 1 N–H and O–H groups in total. The van der Waals surface area contributed by atoms with Gasteiger partial charge in [-0.2, -0.15) is 0 Å². The summed E-state index contributed by atoms with van der Waals surface area (Å²) in [4.78, 5) is 3.44. The molecule has 21 heavy (non-hydrogen) atoms. The van der Waals surface area contributed by atoms with E-state index in [1.807, 2.05) is 0 Å². The Morgan fingerprint density at radius 2 is 1.90 bits per heavy atom. The van der Waals surface area contributed by atoms with Crippen molar-refractivity contribution in [1.82, 2.24) is 4.98 Å². The molecule has 110 valence electrons. The van der Waals surface area contributed by atoms with Crippen LogP contribution in [0.25, 0.3) is 10.9 Å². The molecule has 2 aromatic rings. The first kappa shape index (κ1) is 13.3. The molecule has 0 atom stereocenters. The summed E-state index contributed by atoms with van der Waals surface area (Å²) in [6.07, 6.45) is 9.23. The van der Waals surface area contributed by atoms with Crippen LogP contribution >= 0.6 is 12.2 Å². The second-order valence-corrected chi connectivity index (χ2v) is 6.73. The van der Waals surface area contributed by atoms with Crippen LogP contribution in [0, 0.1) is 0 Å². The van der Waals surface area contributed by atoms with Crippen molar-refractivity contribution in [1.29, 1.82) is 0 Å². The Hall–Kier alpha value is -1.35. The molecule has 1 fully saturated rings. The maximum Gasteiger partial charge on any atom is 0.208 e. The zero-order chi connectivity index (χ0) is 14.2. The van der Waals surface area contributed by atoms with E-state index < -0.39 is 0 Å². The van der Waals surface area contributed by atoms with Crippen LogP contribution in [0.2, 0.25) is 0 Å². The van der Waals surface area contributed by atoms with Crippen molar-refractivity contribution in [3.8, 4) is 0 Å². The van der Waals surface area contributed by atoms with Gasteiger partial charge in [0.05, 0.1) is 12.3 Å². The van der Waals surface area contributed by atoms with E-state index in [4.69, 9.17) is 17.0 Å². The predicted octanol–water partition coefficient (Wildman–Crippen LogP) is 4.85. The minimum Gasteiger partial charge on any atom is -0.481 e. The van der Waals surface area contributed by atoms with Gasteiger partial charge in [-0.1, -0.05) is 31.7 Å². The van der Waals surface area contributed by atoms with Crippen LogP contribution in [0.3, 0.4) is 0 Å². The second kappa shape index (κ2) is 5.45. The highest BCUT2D eigenvalue weighted by atomic mass is 32.1. The minimum absolute atomic E-state index is 0.628.